The Morgan fingerprint density at radius 1 is 1.91 bits per heavy atom. The minimum Gasteiger partial charge on any atom is -0.258 e. The van der Waals surface area contributed by atoms with Crippen molar-refractivity contribution in [2.24, 2.45) is 0 Å². The molecule has 1 aromatic heterocycles. The van der Waals surface area contributed by atoms with E-state index in [4.69, 9.17) is 0 Å². The zero-order chi connectivity index (χ0) is 8.43. The molecular weight excluding hydrogens is 214 g/mol. The average Bonchev–Trinajstić information content (AvgIpc) is 2.30. The van der Waals surface area contributed by atoms with Crippen molar-refractivity contribution in [1.29, 1.82) is 0 Å². The predicted octanol–water partition coefficient (Wildman–Crippen LogP) is 1.57. The van der Waals surface area contributed by atoms with Crippen molar-refractivity contribution in [3.05, 3.63) is 20.9 Å². The van der Waals surface area contributed by atoms with Crippen LogP contribution in [0.5, 0.6) is 0 Å². The smallest absolute Gasteiger partial charge is 0.258 e. The number of rotatable bonds is 2. The number of nitrogens with zero attached hydrogens (tertiary/aromatic N) is 3. The quantitative estimate of drug-likeness (QED) is 0.561. The molecule has 1 aromatic rings. The number of halogens is 1. The van der Waals surface area contributed by atoms with Crippen LogP contribution in [0, 0.1) is 10.1 Å². The third-order valence-corrected chi connectivity index (χ3v) is 2.07. The lowest BCUT2D eigenvalue weighted by Gasteiger charge is -1.93. The molecule has 0 unspecified atom stereocenters. The lowest BCUT2D eigenvalue weighted by molar-refractivity contribution is -0.385. The first kappa shape index (κ1) is 8.19. The lowest BCUT2D eigenvalue weighted by atomic mass is 10.6. The second-order valence-electron chi connectivity index (χ2n) is 1.89. The van der Waals surface area contributed by atoms with E-state index in [0.717, 1.165) is 0 Å². The molecule has 0 atom stereocenters. The molecule has 6 heteroatoms. The zero-order valence-electron chi connectivity index (χ0n) is 5.82. The van der Waals surface area contributed by atoms with Crippen molar-refractivity contribution in [2.75, 3.05) is 0 Å². The van der Waals surface area contributed by atoms with Gasteiger partial charge in [-0.05, 0) is 22.9 Å². The maximum absolute atomic E-state index is 10.3. The molecule has 0 amide bonds. The van der Waals surface area contributed by atoms with Gasteiger partial charge in [-0.25, -0.2) is 0 Å². The highest BCUT2D eigenvalue weighted by atomic mass is 79.9. The number of hydrogen-bond donors (Lipinski definition) is 0. The van der Waals surface area contributed by atoms with E-state index in [-0.39, 0.29) is 5.69 Å². The van der Waals surface area contributed by atoms with E-state index in [9.17, 15) is 10.1 Å². The summed E-state index contributed by atoms with van der Waals surface area (Å²) in [5.41, 5.74) is 0.00634. The van der Waals surface area contributed by atoms with Gasteiger partial charge in [0.1, 0.15) is 6.20 Å². The maximum Gasteiger partial charge on any atom is 0.321 e. The van der Waals surface area contributed by atoms with Crippen molar-refractivity contribution in [2.45, 2.75) is 13.5 Å². The molecule has 0 spiro atoms. The molecule has 0 aliphatic heterocycles. The fourth-order valence-electron chi connectivity index (χ4n) is 0.703. The molecule has 0 aliphatic carbocycles. The molecule has 60 valence electrons. The third-order valence-electron chi connectivity index (χ3n) is 1.25. The molecule has 11 heavy (non-hydrogen) atoms. The van der Waals surface area contributed by atoms with Crippen LogP contribution in [0.1, 0.15) is 6.92 Å². The molecule has 0 aromatic carbocycles. The monoisotopic (exact) mass is 219 g/mol. The summed E-state index contributed by atoms with van der Waals surface area (Å²) in [5, 5.41) is 14.1. The van der Waals surface area contributed by atoms with Gasteiger partial charge in [0, 0.05) is 6.54 Å². The van der Waals surface area contributed by atoms with Gasteiger partial charge >= 0.3 is 5.69 Å². The lowest BCUT2D eigenvalue weighted by Crippen LogP contribution is -1.96. The minimum atomic E-state index is -0.469. The maximum atomic E-state index is 10.3. The Bertz CT molecular complexity index is 283. The predicted molar refractivity (Wildman–Crippen MR) is 42.3 cm³/mol. The molecule has 1 rings (SSSR count). The van der Waals surface area contributed by atoms with Crippen LogP contribution in [-0.2, 0) is 6.54 Å². The van der Waals surface area contributed by atoms with Gasteiger partial charge in [-0.1, -0.05) is 0 Å². The second-order valence-corrected chi connectivity index (χ2v) is 2.64. The first-order chi connectivity index (χ1) is 5.16. The first-order valence-corrected chi connectivity index (χ1v) is 3.81. The van der Waals surface area contributed by atoms with Crippen LogP contribution in [0.4, 0.5) is 5.69 Å². The van der Waals surface area contributed by atoms with Gasteiger partial charge in [-0.2, -0.15) is 5.10 Å². The molecular formula is C5H6BrN3O2. The Morgan fingerprint density at radius 3 is 2.82 bits per heavy atom. The van der Waals surface area contributed by atoms with Crippen LogP contribution < -0.4 is 0 Å². The summed E-state index contributed by atoms with van der Waals surface area (Å²) in [6.45, 7) is 2.48. The van der Waals surface area contributed by atoms with Crippen molar-refractivity contribution in [1.82, 2.24) is 9.78 Å². The summed E-state index contributed by atoms with van der Waals surface area (Å²) in [7, 11) is 0. The van der Waals surface area contributed by atoms with Crippen molar-refractivity contribution >= 4 is 21.6 Å². The summed E-state index contributed by atoms with van der Waals surface area (Å²) in [4.78, 5) is 9.80. The van der Waals surface area contributed by atoms with Crippen LogP contribution in [-0.4, -0.2) is 14.7 Å². The third kappa shape index (κ3) is 1.40. The average molecular weight is 220 g/mol. The Hall–Kier alpha value is -0.910. The first-order valence-electron chi connectivity index (χ1n) is 3.02. The summed E-state index contributed by atoms with van der Waals surface area (Å²) in [6, 6.07) is 0. The topological polar surface area (TPSA) is 61.0 Å². The van der Waals surface area contributed by atoms with Crippen molar-refractivity contribution < 1.29 is 4.92 Å². The van der Waals surface area contributed by atoms with Gasteiger partial charge in [0.2, 0.25) is 0 Å². The van der Waals surface area contributed by atoms with Gasteiger partial charge < -0.3 is 0 Å². The normalized spacial score (nSPS) is 10.0. The van der Waals surface area contributed by atoms with Gasteiger partial charge in [-0.15, -0.1) is 0 Å². The molecule has 0 N–H and O–H groups in total. The van der Waals surface area contributed by atoms with Crippen LogP contribution >= 0.6 is 15.9 Å². The van der Waals surface area contributed by atoms with Crippen LogP contribution in [0.3, 0.4) is 0 Å². The van der Waals surface area contributed by atoms with E-state index in [1.807, 2.05) is 6.92 Å². The molecule has 5 nitrogen and oxygen atoms in total. The number of hydrogen-bond acceptors (Lipinski definition) is 3. The highest BCUT2D eigenvalue weighted by Crippen LogP contribution is 2.23. The summed E-state index contributed by atoms with van der Waals surface area (Å²) in [5.74, 6) is 0. The molecule has 0 bridgehead atoms. The second kappa shape index (κ2) is 3.00. The standard InChI is InChI=1S/C5H6BrN3O2/c1-2-8-5(6)4(3-7-8)9(10)11/h3H,2H2,1H3. The van der Waals surface area contributed by atoms with Crippen molar-refractivity contribution in [3.8, 4) is 0 Å². The van der Waals surface area contributed by atoms with E-state index >= 15 is 0 Å². The van der Waals surface area contributed by atoms with E-state index in [1.54, 1.807) is 0 Å². The molecule has 0 saturated carbocycles. The van der Waals surface area contributed by atoms with Crippen LogP contribution in [0.25, 0.3) is 0 Å². The fraction of sp³-hybridized carbons (Fsp3) is 0.400. The Kier molecular flexibility index (Phi) is 2.23. The van der Waals surface area contributed by atoms with E-state index < -0.39 is 4.92 Å². The molecule has 0 radical (unpaired) electrons. The fourth-order valence-corrected chi connectivity index (χ4v) is 1.29. The Balaban J connectivity index is 3.10. The molecule has 1 heterocycles. The van der Waals surface area contributed by atoms with Gasteiger partial charge in [0.15, 0.2) is 4.60 Å². The van der Waals surface area contributed by atoms with Crippen LogP contribution in [0.2, 0.25) is 0 Å². The number of nitro groups is 1. The summed E-state index contributed by atoms with van der Waals surface area (Å²) in [6.07, 6.45) is 1.23. The minimum absolute atomic E-state index is 0.00634. The van der Waals surface area contributed by atoms with Gasteiger partial charge in [-0.3, -0.25) is 14.8 Å². The summed E-state index contributed by atoms with van der Waals surface area (Å²) >= 11 is 3.07. The molecule has 0 aliphatic rings. The number of aromatic nitrogens is 2. The highest BCUT2D eigenvalue weighted by Gasteiger charge is 2.16. The largest absolute Gasteiger partial charge is 0.321 e. The molecule has 0 fully saturated rings. The SMILES string of the molecule is CCn1ncc([N+](=O)[O-])c1Br. The number of aryl methyl sites for hydroxylation is 1. The van der Waals surface area contributed by atoms with Gasteiger partial charge in [0.25, 0.3) is 0 Å². The van der Waals surface area contributed by atoms with Gasteiger partial charge in [0.05, 0.1) is 4.92 Å². The van der Waals surface area contributed by atoms with Crippen molar-refractivity contribution in [3.63, 3.8) is 0 Å². The zero-order valence-corrected chi connectivity index (χ0v) is 7.41. The van der Waals surface area contributed by atoms with Crippen LogP contribution in [0.15, 0.2) is 10.8 Å². The Labute approximate surface area is 71.3 Å². The van der Waals surface area contributed by atoms with E-state index in [1.165, 1.54) is 10.9 Å². The highest BCUT2D eigenvalue weighted by molar-refractivity contribution is 9.10. The molecule has 0 saturated heterocycles. The van der Waals surface area contributed by atoms with E-state index in [2.05, 4.69) is 21.0 Å². The van der Waals surface area contributed by atoms with E-state index in [0.29, 0.717) is 11.1 Å². The summed E-state index contributed by atoms with van der Waals surface area (Å²) < 4.78 is 1.93. The Morgan fingerprint density at radius 2 is 2.55 bits per heavy atom.